The maximum atomic E-state index is 10.8. The fourth-order valence-electron chi connectivity index (χ4n) is 0.477. The third kappa shape index (κ3) is 3.23. The van der Waals surface area contributed by atoms with Crippen LogP contribution in [-0.4, -0.2) is 30.3 Å². The third-order valence-electron chi connectivity index (χ3n) is 0.976. The van der Waals surface area contributed by atoms with Crippen molar-refractivity contribution in [2.75, 3.05) is 13.2 Å². The molecule has 0 aliphatic carbocycles. The maximum Gasteiger partial charge on any atom is 0.419 e. The van der Waals surface area contributed by atoms with Gasteiger partial charge in [0.15, 0.2) is 0 Å². The molecule has 0 unspecified atom stereocenters. The molecular weight excluding hydrogens is 162 g/mol. The van der Waals surface area contributed by atoms with E-state index in [9.17, 15) is 9.59 Å². The lowest BCUT2D eigenvalue weighted by atomic mass is 10.8. The number of hydrogen-bond donors (Lipinski definition) is 0. The Morgan fingerprint density at radius 1 is 1.17 bits per heavy atom. The lowest BCUT2D eigenvalue weighted by molar-refractivity contribution is 0.0946. The second kappa shape index (κ2) is 5.40. The summed E-state index contributed by atoms with van der Waals surface area (Å²) in [6.45, 7) is 3.67. The van der Waals surface area contributed by atoms with Gasteiger partial charge in [0.2, 0.25) is 0 Å². The lowest BCUT2D eigenvalue weighted by Gasteiger charge is -2.12. The summed E-state index contributed by atoms with van der Waals surface area (Å²) in [6.07, 6.45) is -1.62. The summed E-state index contributed by atoms with van der Waals surface area (Å²) in [5, 5.41) is 0. The van der Waals surface area contributed by atoms with Gasteiger partial charge in [-0.1, -0.05) is 0 Å². The highest BCUT2D eigenvalue weighted by Gasteiger charge is 2.18. The monoisotopic (exact) mass is 174 g/mol. The van der Waals surface area contributed by atoms with Crippen LogP contribution < -0.4 is 0 Å². The Labute approximate surface area is 71.2 Å². The van der Waals surface area contributed by atoms with E-state index in [4.69, 9.17) is 0 Å². The summed E-state index contributed by atoms with van der Waals surface area (Å²) in [5.41, 5.74) is 0. The second-order valence-electron chi connectivity index (χ2n) is 1.83. The summed E-state index contributed by atoms with van der Waals surface area (Å²) >= 11 is 0. The molecule has 0 heterocycles. The Kier molecular flexibility index (Phi) is 4.83. The van der Waals surface area contributed by atoms with Gasteiger partial charge in [-0.05, 0) is 13.8 Å². The lowest BCUT2D eigenvalue weighted by Crippen LogP contribution is -2.32. The largest absolute Gasteiger partial charge is 0.449 e. The molecule has 5 nitrogen and oxygen atoms in total. The van der Waals surface area contributed by atoms with Crippen LogP contribution in [0.5, 0.6) is 0 Å². The SMILES string of the molecule is [CH2]N(C(=O)OCC)C(=O)OCC. The Bertz CT molecular complexity index is 151. The van der Waals surface area contributed by atoms with E-state index in [1.54, 1.807) is 13.8 Å². The van der Waals surface area contributed by atoms with Crippen molar-refractivity contribution in [1.29, 1.82) is 0 Å². The third-order valence-corrected chi connectivity index (χ3v) is 0.976. The molecule has 0 aromatic heterocycles. The Morgan fingerprint density at radius 2 is 1.50 bits per heavy atom. The molecule has 0 saturated carbocycles. The molecule has 5 heteroatoms. The molecule has 0 atom stereocenters. The van der Waals surface area contributed by atoms with Crippen LogP contribution in [0.2, 0.25) is 0 Å². The Morgan fingerprint density at radius 3 is 1.75 bits per heavy atom. The number of hydrogen-bond acceptors (Lipinski definition) is 4. The minimum atomic E-state index is -0.809. The normalized spacial score (nSPS) is 8.92. The molecule has 2 amide bonds. The fraction of sp³-hybridized carbons (Fsp3) is 0.571. The van der Waals surface area contributed by atoms with Gasteiger partial charge < -0.3 is 9.47 Å². The smallest absolute Gasteiger partial charge is 0.419 e. The second-order valence-corrected chi connectivity index (χ2v) is 1.83. The van der Waals surface area contributed by atoms with E-state index >= 15 is 0 Å². The molecule has 1 radical (unpaired) electrons. The molecule has 0 bridgehead atoms. The molecule has 0 aliphatic heterocycles. The van der Waals surface area contributed by atoms with Crippen LogP contribution in [0.3, 0.4) is 0 Å². The van der Waals surface area contributed by atoms with Gasteiger partial charge in [0.05, 0.1) is 20.3 Å². The molecule has 0 rings (SSSR count). The number of nitrogens with zero attached hydrogens (tertiary/aromatic N) is 1. The van der Waals surface area contributed by atoms with Gasteiger partial charge in [0.1, 0.15) is 0 Å². The zero-order valence-electron chi connectivity index (χ0n) is 7.20. The van der Waals surface area contributed by atoms with Crippen LogP contribution in [0, 0.1) is 7.05 Å². The van der Waals surface area contributed by atoms with Gasteiger partial charge in [-0.25, -0.2) is 14.5 Å². The molecule has 0 spiro atoms. The van der Waals surface area contributed by atoms with Gasteiger partial charge in [-0.2, -0.15) is 0 Å². The van der Waals surface area contributed by atoms with Crippen molar-refractivity contribution in [3.63, 3.8) is 0 Å². The first-order valence-electron chi connectivity index (χ1n) is 3.57. The van der Waals surface area contributed by atoms with Crippen LogP contribution in [0.15, 0.2) is 0 Å². The van der Waals surface area contributed by atoms with E-state index in [2.05, 4.69) is 16.5 Å². The molecule has 0 aliphatic rings. The first kappa shape index (κ1) is 10.7. The summed E-state index contributed by atoms with van der Waals surface area (Å²) in [6, 6.07) is 0. The molecule has 0 fully saturated rings. The van der Waals surface area contributed by atoms with Gasteiger partial charge in [0, 0.05) is 0 Å². The number of ether oxygens (including phenoxy) is 2. The molecule has 0 aromatic rings. The molecular formula is C7H12NO4. The zero-order valence-corrected chi connectivity index (χ0v) is 7.20. The van der Waals surface area contributed by atoms with Gasteiger partial charge in [0.25, 0.3) is 0 Å². The van der Waals surface area contributed by atoms with Crippen LogP contribution in [0.25, 0.3) is 0 Å². The Balaban J connectivity index is 3.91. The zero-order chi connectivity index (χ0) is 9.56. The number of amides is 2. The van der Waals surface area contributed by atoms with Crippen LogP contribution in [0.4, 0.5) is 9.59 Å². The van der Waals surface area contributed by atoms with E-state index < -0.39 is 12.2 Å². The van der Waals surface area contributed by atoms with Crippen LogP contribution in [0.1, 0.15) is 13.8 Å². The Hall–Kier alpha value is -1.26. The molecule has 69 valence electrons. The molecule has 12 heavy (non-hydrogen) atoms. The van der Waals surface area contributed by atoms with Crippen molar-refractivity contribution in [2.24, 2.45) is 0 Å². The topological polar surface area (TPSA) is 55.8 Å². The molecule has 0 aromatic carbocycles. The summed E-state index contributed by atoms with van der Waals surface area (Å²) in [5.74, 6) is 0. The fourth-order valence-corrected chi connectivity index (χ4v) is 0.477. The first-order chi connectivity index (χ1) is 5.63. The van der Waals surface area contributed by atoms with Crippen molar-refractivity contribution in [2.45, 2.75) is 13.8 Å². The van der Waals surface area contributed by atoms with Crippen molar-refractivity contribution >= 4 is 12.2 Å². The number of rotatable bonds is 2. The maximum absolute atomic E-state index is 10.8. The van der Waals surface area contributed by atoms with E-state index in [1.807, 2.05) is 0 Å². The van der Waals surface area contributed by atoms with Gasteiger partial charge in [-0.3, -0.25) is 0 Å². The van der Waals surface area contributed by atoms with E-state index in [1.165, 1.54) is 0 Å². The number of carbonyl (C=O) groups excluding carboxylic acids is 2. The highest BCUT2D eigenvalue weighted by molar-refractivity contribution is 5.87. The number of imide groups is 1. The predicted octanol–water partition coefficient (Wildman–Crippen LogP) is 1.39. The van der Waals surface area contributed by atoms with Gasteiger partial charge >= 0.3 is 12.2 Å². The van der Waals surface area contributed by atoms with Crippen LogP contribution in [-0.2, 0) is 9.47 Å². The standard InChI is InChI=1S/C7H12NO4/c1-4-11-6(9)8(3)7(10)12-5-2/h3-5H2,1-2H3. The average molecular weight is 174 g/mol. The highest BCUT2D eigenvalue weighted by atomic mass is 16.6. The van der Waals surface area contributed by atoms with Crippen molar-refractivity contribution in [3.8, 4) is 0 Å². The minimum Gasteiger partial charge on any atom is -0.449 e. The van der Waals surface area contributed by atoms with Crippen molar-refractivity contribution in [1.82, 2.24) is 4.90 Å². The molecule has 0 N–H and O–H groups in total. The van der Waals surface area contributed by atoms with Gasteiger partial charge in [-0.15, -0.1) is 0 Å². The predicted molar refractivity (Wildman–Crippen MR) is 41.2 cm³/mol. The average Bonchev–Trinajstić information content (AvgIpc) is 2.04. The summed E-state index contributed by atoms with van der Waals surface area (Å²) in [4.78, 5) is 22.1. The number of carbonyl (C=O) groups is 2. The van der Waals surface area contributed by atoms with Crippen LogP contribution >= 0.6 is 0 Å². The minimum absolute atomic E-state index is 0.199. The van der Waals surface area contributed by atoms with E-state index in [0.717, 1.165) is 0 Å². The van der Waals surface area contributed by atoms with Crippen molar-refractivity contribution in [3.05, 3.63) is 7.05 Å². The van der Waals surface area contributed by atoms with E-state index in [-0.39, 0.29) is 13.2 Å². The molecule has 0 saturated heterocycles. The quantitative estimate of drug-likeness (QED) is 0.634. The highest BCUT2D eigenvalue weighted by Crippen LogP contribution is 1.95. The van der Waals surface area contributed by atoms with Crippen molar-refractivity contribution < 1.29 is 19.1 Å². The summed E-state index contributed by atoms with van der Waals surface area (Å²) in [7, 11) is 3.16. The summed E-state index contributed by atoms with van der Waals surface area (Å²) < 4.78 is 8.99. The van der Waals surface area contributed by atoms with E-state index in [0.29, 0.717) is 4.90 Å². The first-order valence-corrected chi connectivity index (χ1v) is 3.57.